The molecule has 1 aliphatic rings. The molecular formula is C22H42O5. The Hall–Kier alpha value is -0.460. The van der Waals surface area contributed by atoms with E-state index in [-0.39, 0.29) is 13.2 Å². The number of rotatable bonds is 16. The zero-order valence-corrected chi connectivity index (χ0v) is 17.2. The average molecular weight is 387 g/mol. The Kier molecular flexibility index (Phi) is 15.0. The second-order valence-electron chi connectivity index (χ2n) is 7.73. The van der Waals surface area contributed by atoms with Gasteiger partial charge < -0.3 is 24.8 Å². The zero-order chi connectivity index (χ0) is 19.7. The summed E-state index contributed by atoms with van der Waals surface area (Å²) in [4.78, 5) is 0. The van der Waals surface area contributed by atoms with Crippen LogP contribution in [0.3, 0.4) is 0 Å². The van der Waals surface area contributed by atoms with Crippen LogP contribution in [0, 0.1) is 0 Å². The molecule has 1 saturated heterocycles. The molecule has 0 radical (unpaired) electrons. The number of ether oxygens (including phenoxy) is 2. The van der Waals surface area contributed by atoms with Crippen LogP contribution in [0.15, 0.2) is 12.2 Å². The Morgan fingerprint density at radius 2 is 1.41 bits per heavy atom. The number of unbranched alkanes of at least 4 members (excludes halogenated alkanes) is 10. The van der Waals surface area contributed by atoms with Crippen LogP contribution in [0.4, 0.5) is 0 Å². The third-order valence-corrected chi connectivity index (χ3v) is 5.19. The largest absolute Gasteiger partial charge is 0.388 e. The standard InChI is InChI=1S/C22H42O5/c1-2-3-4-5-6-7-8-9-10-11-12-13-14-15-16-26-18-20-22(25)21(24)19(23)17-27-20/h10-11,19-25H,2-9,12-18H2,1H3/b11-10+/t19-,20+,21+,22+/m1/s1. The highest BCUT2D eigenvalue weighted by Gasteiger charge is 2.37. The first-order valence-electron chi connectivity index (χ1n) is 11.0. The molecule has 5 heteroatoms. The van der Waals surface area contributed by atoms with Crippen molar-refractivity contribution in [3.63, 3.8) is 0 Å². The molecule has 0 bridgehead atoms. The predicted octanol–water partition coefficient (Wildman–Crippen LogP) is 3.74. The molecule has 1 rings (SSSR count). The van der Waals surface area contributed by atoms with Gasteiger partial charge in [-0.05, 0) is 32.1 Å². The third-order valence-electron chi connectivity index (χ3n) is 5.19. The van der Waals surface area contributed by atoms with E-state index in [0.717, 1.165) is 19.3 Å². The van der Waals surface area contributed by atoms with Crippen molar-refractivity contribution in [3.8, 4) is 0 Å². The Balaban J connectivity index is 1.84. The van der Waals surface area contributed by atoms with Gasteiger partial charge in [0.05, 0.1) is 13.2 Å². The average Bonchev–Trinajstić information content (AvgIpc) is 2.67. The predicted molar refractivity (Wildman–Crippen MR) is 109 cm³/mol. The van der Waals surface area contributed by atoms with Crippen LogP contribution in [0.2, 0.25) is 0 Å². The van der Waals surface area contributed by atoms with Crippen molar-refractivity contribution in [1.82, 2.24) is 0 Å². The Bertz CT molecular complexity index is 361. The molecule has 0 amide bonds. The fraction of sp³-hybridized carbons (Fsp3) is 0.909. The van der Waals surface area contributed by atoms with Crippen molar-refractivity contribution < 1.29 is 24.8 Å². The highest BCUT2D eigenvalue weighted by atomic mass is 16.6. The molecule has 0 unspecified atom stereocenters. The van der Waals surface area contributed by atoms with Gasteiger partial charge in [-0.1, -0.05) is 64.0 Å². The summed E-state index contributed by atoms with van der Waals surface area (Å²) in [5.41, 5.74) is 0. The molecule has 0 aromatic rings. The topological polar surface area (TPSA) is 79.2 Å². The number of hydrogen-bond donors (Lipinski definition) is 3. The molecule has 1 aliphatic heterocycles. The van der Waals surface area contributed by atoms with Gasteiger partial charge in [-0.15, -0.1) is 0 Å². The smallest absolute Gasteiger partial charge is 0.111 e. The molecule has 1 heterocycles. The minimum atomic E-state index is -1.15. The van der Waals surface area contributed by atoms with E-state index in [1.54, 1.807) is 0 Å². The summed E-state index contributed by atoms with van der Waals surface area (Å²) < 4.78 is 10.8. The summed E-state index contributed by atoms with van der Waals surface area (Å²) in [6.45, 7) is 3.18. The minimum Gasteiger partial charge on any atom is -0.388 e. The highest BCUT2D eigenvalue weighted by molar-refractivity contribution is 4.86. The van der Waals surface area contributed by atoms with Crippen molar-refractivity contribution in [2.24, 2.45) is 0 Å². The molecule has 3 N–H and O–H groups in total. The van der Waals surface area contributed by atoms with Gasteiger partial charge in [0.2, 0.25) is 0 Å². The van der Waals surface area contributed by atoms with E-state index < -0.39 is 24.4 Å². The lowest BCUT2D eigenvalue weighted by atomic mass is 10.0. The molecule has 27 heavy (non-hydrogen) atoms. The molecule has 1 fully saturated rings. The number of aliphatic hydroxyl groups is 3. The number of allylic oxidation sites excluding steroid dienone is 2. The van der Waals surface area contributed by atoms with Crippen LogP contribution in [0.25, 0.3) is 0 Å². The van der Waals surface area contributed by atoms with E-state index in [1.165, 1.54) is 57.8 Å². The van der Waals surface area contributed by atoms with E-state index in [0.29, 0.717) is 6.61 Å². The Labute approximate surface area is 165 Å². The van der Waals surface area contributed by atoms with Gasteiger partial charge in [0.15, 0.2) is 0 Å². The maximum absolute atomic E-state index is 9.81. The molecule has 0 saturated carbocycles. The van der Waals surface area contributed by atoms with Crippen molar-refractivity contribution in [3.05, 3.63) is 12.2 Å². The normalized spacial score (nSPS) is 26.1. The van der Waals surface area contributed by atoms with Gasteiger partial charge in [-0.3, -0.25) is 0 Å². The van der Waals surface area contributed by atoms with Gasteiger partial charge >= 0.3 is 0 Å². The first-order chi connectivity index (χ1) is 13.2. The Morgan fingerprint density at radius 1 is 0.815 bits per heavy atom. The monoisotopic (exact) mass is 386 g/mol. The van der Waals surface area contributed by atoms with Gasteiger partial charge in [0.25, 0.3) is 0 Å². The van der Waals surface area contributed by atoms with Crippen molar-refractivity contribution in [1.29, 1.82) is 0 Å². The lowest BCUT2D eigenvalue weighted by Crippen LogP contribution is -2.54. The van der Waals surface area contributed by atoms with Crippen molar-refractivity contribution in [2.45, 2.75) is 108 Å². The lowest BCUT2D eigenvalue weighted by Gasteiger charge is -2.35. The van der Waals surface area contributed by atoms with E-state index in [1.807, 2.05) is 0 Å². The maximum atomic E-state index is 9.81. The Morgan fingerprint density at radius 3 is 2.07 bits per heavy atom. The van der Waals surface area contributed by atoms with Crippen molar-refractivity contribution >= 4 is 0 Å². The van der Waals surface area contributed by atoms with E-state index >= 15 is 0 Å². The number of hydrogen-bond acceptors (Lipinski definition) is 5. The SMILES string of the molecule is CCCCCCCCC/C=C/CCCCCOC[C@@H]1OC[C@@H](O)[C@H](O)[C@H]1O. The summed E-state index contributed by atoms with van der Waals surface area (Å²) in [7, 11) is 0. The van der Waals surface area contributed by atoms with Crippen LogP contribution < -0.4 is 0 Å². The van der Waals surface area contributed by atoms with Gasteiger partial charge in [-0.25, -0.2) is 0 Å². The molecule has 0 aliphatic carbocycles. The lowest BCUT2D eigenvalue weighted by molar-refractivity contribution is -0.199. The van der Waals surface area contributed by atoms with E-state index in [9.17, 15) is 15.3 Å². The molecule has 0 aromatic heterocycles. The molecule has 5 nitrogen and oxygen atoms in total. The highest BCUT2D eigenvalue weighted by Crippen LogP contribution is 2.16. The third kappa shape index (κ3) is 11.9. The second-order valence-corrected chi connectivity index (χ2v) is 7.73. The maximum Gasteiger partial charge on any atom is 0.111 e. The number of aliphatic hydroxyl groups excluding tert-OH is 3. The van der Waals surface area contributed by atoms with Crippen LogP contribution in [0.5, 0.6) is 0 Å². The molecule has 4 atom stereocenters. The quantitative estimate of drug-likeness (QED) is 0.278. The van der Waals surface area contributed by atoms with E-state index in [4.69, 9.17) is 9.47 Å². The first kappa shape index (κ1) is 24.6. The fourth-order valence-corrected chi connectivity index (χ4v) is 3.31. The minimum absolute atomic E-state index is 0.0391. The fourth-order valence-electron chi connectivity index (χ4n) is 3.31. The van der Waals surface area contributed by atoms with E-state index in [2.05, 4.69) is 19.1 Å². The zero-order valence-electron chi connectivity index (χ0n) is 17.2. The van der Waals surface area contributed by atoms with Crippen LogP contribution >= 0.6 is 0 Å². The molecule has 160 valence electrons. The van der Waals surface area contributed by atoms with Crippen LogP contribution in [0.1, 0.15) is 84.0 Å². The summed E-state index contributed by atoms with van der Waals surface area (Å²) in [6.07, 6.45) is 16.0. The van der Waals surface area contributed by atoms with Gasteiger partial charge in [-0.2, -0.15) is 0 Å². The van der Waals surface area contributed by atoms with Gasteiger partial charge in [0.1, 0.15) is 24.4 Å². The molecule has 0 spiro atoms. The summed E-state index contributed by atoms with van der Waals surface area (Å²) in [6, 6.07) is 0. The van der Waals surface area contributed by atoms with Gasteiger partial charge in [0, 0.05) is 6.61 Å². The second kappa shape index (κ2) is 16.5. The summed E-state index contributed by atoms with van der Waals surface area (Å²) in [5, 5.41) is 28.8. The van der Waals surface area contributed by atoms with Crippen molar-refractivity contribution in [2.75, 3.05) is 19.8 Å². The van der Waals surface area contributed by atoms with Crippen LogP contribution in [-0.2, 0) is 9.47 Å². The van der Waals surface area contributed by atoms with Crippen LogP contribution in [-0.4, -0.2) is 59.6 Å². The summed E-state index contributed by atoms with van der Waals surface area (Å²) in [5.74, 6) is 0. The molecule has 0 aromatic carbocycles. The molecular weight excluding hydrogens is 344 g/mol. The summed E-state index contributed by atoms with van der Waals surface area (Å²) >= 11 is 0. The first-order valence-corrected chi connectivity index (χ1v) is 11.0.